The first-order valence-corrected chi connectivity index (χ1v) is 11.9. The molecule has 1 amide bonds. The van der Waals surface area contributed by atoms with Crippen LogP contribution in [0.3, 0.4) is 0 Å². The third kappa shape index (κ3) is 4.88. The summed E-state index contributed by atoms with van der Waals surface area (Å²) < 4.78 is 0. The molecule has 0 radical (unpaired) electrons. The Morgan fingerprint density at radius 3 is 2.00 bits per heavy atom. The monoisotopic (exact) mass is 453 g/mol. The molecule has 4 N–H and O–H groups in total. The number of carboxylic acids is 2. The number of aliphatic hydroxyl groups excluding tert-OH is 1. The van der Waals surface area contributed by atoms with Crippen molar-refractivity contribution in [2.24, 2.45) is 5.92 Å². The lowest BCUT2D eigenvalue weighted by Crippen LogP contribution is -2.33. The van der Waals surface area contributed by atoms with Gasteiger partial charge in [-0.2, -0.15) is 0 Å². The van der Waals surface area contributed by atoms with Crippen LogP contribution in [0.2, 0.25) is 0 Å². The zero-order valence-corrected chi connectivity index (χ0v) is 18.7. The van der Waals surface area contributed by atoms with Crippen LogP contribution in [0.1, 0.15) is 107 Å². The highest BCUT2D eigenvalue weighted by atomic mass is 16.4. The van der Waals surface area contributed by atoms with Gasteiger partial charge in [-0.05, 0) is 55.4 Å². The zero-order valence-electron chi connectivity index (χ0n) is 18.7. The van der Waals surface area contributed by atoms with Gasteiger partial charge in [0.15, 0.2) is 0 Å². The van der Waals surface area contributed by atoms with E-state index >= 15 is 0 Å². The Morgan fingerprint density at radius 1 is 0.818 bits per heavy atom. The fourth-order valence-corrected chi connectivity index (χ4v) is 5.53. The molecule has 0 saturated heterocycles. The van der Waals surface area contributed by atoms with E-state index in [9.17, 15) is 29.7 Å². The molecular formula is C26H31NO6. The fourth-order valence-electron chi connectivity index (χ4n) is 5.53. The molecule has 0 heterocycles. The maximum Gasteiger partial charge on any atom is 0.336 e. The highest BCUT2D eigenvalue weighted by Gasteiger charge is 2.27. The molecule has 2 aliphatic carbocycles. The SMILES string of the molecule is O=C(O)c1ccc(C(O)CCC2CCCC2)c2c(C(=O)O)ccc(C(=O)NC3CCCC3)c12. The van der Waals surface area contributed by atoms with Crippen molar-refractivity contribution in [3.63, 3.8) is 0 Å². The van der Waals surface area contributed by atoms with Gasteiger partial charge in [-0.3, -0.25) is 4.79 Å². The predicted molar refractivity (Wildman–Crippen MR) is 124 cm³/mol. The maximum absolute atomic E-state index is 13.1. The van der Waals surface area contributed by atoms with Crippen LogP contribution < -0.4 is 5.32 Å². The van der Waals surface area contributed by atoms with E-state index in [1.807, 2.05) is 0 Å². The van der Waals surface area contributed by atoms with Gasteiger partial charge in [-0.25, -0.2) is 9.59 Å². The van der Waals surface area contributed by atoms with Gasteiger partial charge < -0.3 is 20.6 Å². The number of amides is 1. The van der Waals surface area contributed by atoms with Crippen LogP contribution in [0, 0.1) is 5.92 Å². The second-order valence-corrected chi connectivity index (χ2v) is 9.42. The molecular weight excluding hydrogens is 422 g/mol. The quantitative estimate of drug-likeness (QED) is 0.450. The summed E-state index contributed by atoms with van der Waals surface area (Å²) in [6.07, 6.45) is 8.80. The minimum absolute atomic E-state index is 0.0279. The second kappa shape index (κ2) is 9.91. The van der Waals surface area contributed by atoms with Gasteiger partial charge in [0.2, 0.25) is 0 Å². The molecule has 2 aromatic carbocycles. The first-order chi connectivity index (χ1) is 15.9. The molecule has 7 heteroatoms. The summed E-state index contributed by atoms with van der Waals surface area (Å²) in [5, 5.41) is 33.9. The molecule has 2 fully saturated rings. The Kier molecular flexibility index (Phi) is 6.98. The van der Waals surface area contributed by atoms with Crippen LogP contribution in [0.15, 0.2) is 24.3 Å². The Labute approximate surface area is 192 Å². The Morgan fingerprint density at radius 2 is 1.36 bits per heavy atom. The second-order valence-electron chi connectivity index (χ2n) is 9.42. The van der Waals surface area contributed by atoms with Crippen molar-refractivity contribution in [3.05, 3.63) is 46.5 Å². The Bertz CT molecular complexity index is 1070. The van der Waals surface area contributed by atoms with E-state index in [2.05, 4.69) is 5.32 Å². The molecule has 0 aliphatic heterocycles. The molecule has 0 bridgehead atoms. The summed E-state index contributed by atoms with van der Waals surface area (Å²) >= 11 is 0. The number of rotatable bonds is 8. The van der Waals surface area contributed by atoms with Crippen molar-refractivity contribution in [1.29, 1.82) is 0 Å². The predicted octanol–water partition coefficient (Wildman–Crippen LogP) is 4.91. The van der Waals surface area contributed by atoms with E-state index in [-0.39, 0.29) is 33.5 Å². The molecule has 0 aromatic heterocycles. The summed E-state index contributed by atoms with van der Waals surface area (Å²) in [4.78, 5) is 37.3. The summed E-state index contributed by atoms with van der Waals surface area (Å²) in [5.74, 6) is -2.33. The van der Waals surface area contributed by atoms with Crippen molar-refractivity contribution < 1.29 is 29.7 Å². The van der Waals surface area contributed by atoms with Gasteiger partial charge in [0.05, 0.1) is 17.2 Å². The Hall–Kier alpha value is -2.93. The Balaban J connectivity index is 1.80. The largest absolute Gasteiger partial charge is 0.478 e. The smallest absolute Gasteiger partial charge is 0.336 e. The lowest BCUT2D eigenvalue weighted by molar-refractivity contribution is 0.0685. The average Bonchev–Trinajstić information content (AvgIpc) is 3.49. The van der Waals surface area contributed by atoms with E-state index in [4.69, 9.17) is 0 Å². The first-order valence-electron chi connectivity index (χ1n) is 11.9. The standard InChI is InChI=1S/C26H31NO6/c28-21(14-9-15-5-1-2-6-15)17-10-12-20(26(32)33)23-18(11-13-19(22(17)23)25(30)31)24(29)27-16-7-3-4-8-16/h10-13,15-16,21,28H,1-9,14H2,(H,27,29)(H,30,31)(H,32,33). The number of nitrogens with one attached hydrogen (secondary N) is 1. The molecule has 4 rings (SSSR count). The van der Waals surface area contributed by atoms with Crippen molar-refractivity contribution in [2.75, 3.05) is 0 Å². The number of hydrogen-bond acceptors (Lipinski definition) is 4. The highest BCUT2D eigenvalue weighted by Crippen LogP contribution is 2.37. The van der Waals surface area contributed by atoms with Gasteiger partial charge in [0.1, 0.15) is 0 Å². The van der Waals surface area contributed by atoms with Crippen LogP contribution in [-0.2, 0) is 0 Å². The molecule has 2 saturated carbocycles. The maximum atomic E-state index is 13.1. The minimum atomic E-state index is -1.25. The van der Waals surface area contributed by atoms with Crippen LogP contribution >= 0.6 is 0 Å². The van der Waals surface area contributed by atoms with Crippen molar-refractivity contribution in [2.45, 2.75) is 76.4 Å². The lowest BCUT2D eigenvalue weighted by atomic mass is 9.87. The molecule has 2 aliphatic rings. The highest BCUT2D eigenvalue weighted by molar-refractivity contribution is 6.19. The van der Waals surface area contributed by atoms with Crippen LogP contribution in [0.5, 0.6) is 0 Å². The number of fused-ring (bicyclic) bond motifs is 1. The average molecular weight is 454 g/mol. The molecule has 0 spiro atoms. The molecule has 176 valence electrons. The summed E-state index contributed by atoms with van der Waals surface area (Å²) in [7, 11) is 0. The molecule has 1 atom stereocenters. The van der Waals surface area contributed by atoms with Crippen LogP contribution in [-0.4, -0.2) is 39.2 Å². The molecule has 1 unspecified atom stereocenters. The van der Waals surface area contributed by atoms with Gasteiger partial charge in [0.25, 0.3) is 5.91 Å². The van der Waals surface area contributed by atoms with E-state index in [1.165, 1.54) is 37.1 Å². The number of aliphatic hydroxyl groups is 1. The van der Waals surface area contributed by atoms with Crippen LogP contribution in [0.4, 0.5) is 0 Å². The molecule has 2 aromatic rings. The number of hydrogen-bond donors (Lipinski definition) is 4. The van der Waals surface area contributed by atoms with Crippen molar-refractivity contribution in [3.8, 4) is 0 Å². The number of benzene rings is 2. The summed E-state index contributed by atoms with van der Waals surface area (Å²) in [5.41, 5.74) is 0.238. The lowest BCUT2D eigenvalue weighted by Gasteiger charge is -2.20. The van der Waals surface area contributed by atoms with E-state index in [1.54, 1.807) is 0 Å². The molecule has 7 nitrogen and oxygen atoms in total. The topological polar surface area (TPSA) is 124 Å². The fraction of sp³-hybridized carbons (Fsp3) is 0.500. The third-order valence-corrected chi connectivity index (χ3v) is 7.27. The van der Waals surface area contributed by atoms with E-state index in [0.717, 1.165) is 44.9 Å². The van der Waals surface area contributed by atoms with Gasteiger partial charge in [-0.15, -0.1) is 0 Å². The van der Waals surface area contributed by atoms with Gasteiger partial charge in [-0.1, -0.05) is 44.6 Å². The number of aromatic carboxylic acids is 2. The van der Waals surface area contributed by atoms with E-state index < -0.39 is 23.9 Å². The minimum Gasteiger partial charge on any atom is -0.478 e. The normalized spacial score (nSPS) is 18.0. The van der Waals surface area contributed by atoms with Crippen molar-refractivity contribution >= 4 is 28.6 Å². The molecule has 33 heavy (non-hydrogen) atoms. The number of carbonyl (C=O) groups is 3. The number of carboxylic acid groups (broad SMARTS) is 2. The first kappa shape index (κ1) is 23.2. The van der Waals surface area contributed by atoms with Gasteiger partial charge >= 0.3 is 11.9 Å². The summed E-state index contributed by atoms with van der Waals surface area (Å²) in [6.45, 7) is 0. The zero-order chi connectivity index (χ0) is 23.5. The number of carbonyl (C=O) groups excluding carboxylic acids is 1. The van der Waals surface area contributed by atoms with Gasteiger partial charge in [0, 0.05) is 22.4 Å². The van der Waals surface area contributed by atoms with Crippen molar-refractivity contribution in [1.82, 2.24) is 5.32 Å². The van der Waals surface area contributed by atoms with E-state index in [0.29, 0.717) is 17.9 Å². The van der Waals surface area contributed by atoms with Crippen LogP contribution in [0.25, 0.3) is 10.8 Å². The summed E-state index contributed by atoms with van der Waals surface area (Å²) in [6, 6.07) is 5.62. The third-order valence-electron chi connectivity index (χ3n) is 7.27.